The molecule has 1 aliphatic heterocycles. The Labute approximate surface area is 151 Å². The number of fused-ring (bicyclic) bond motifs is 2. The number of benzene rings is 2. The van der Waals surface area contributed by atoms with Gasteiger partial charge in [0.25, 0.3) is 0 Å². The minimum Gasteiger partial charge on any atom is -0.376 e. The Kier molecular flexibility index (Phi) is 3.68. The summed E-state index contributed by atoms with van der Waals surface area (Å²) < 4.78 is 8.06. The number of para-hydroxylation sites is 2. The van der Waals surface area contributed by atoms with Crippen molar-refractivity contribution in [3.05, 3.63) is 54.1 Å². The molecule has 4 aromatic rings. The number of rotatable bonds is 3. The molecule has 3 heterocycles. The van der Waals surface area contributed by atoms with Gasteiger partial charge in [0, 0.05) is 12.2 Å². The van der Waals surface area contributed by atoms with Crippen molar-refractivity contribution in [2.75, 3.05) is 6.61 Å². The molecule has 0 amide bonds. The molecule has 1 fully saturated rings. The minimum absolute atomic E-state index is 0.212. The molecular weight excluding hydrogens is 324 g/mol. The Bertz CT molecular complexity index is 1100. The minimum atomic E-state index is 0.212. The van der Waals surface area contributed by atoms with Crippen LogP contribution in [0.15, 0.2) is 48.5 Å². The zero-order chi connectivity index (χ0) is 17.5. The molecule has 0 spiro atoms. The van der Waals surface area contributed by atoms with Crippen molar-refractivity contribution in [3.8, 4) is 11.4 Å². The van der Waals surface area contributed by atoms with Crippen LogP contribution < -0.4 is 0 Å². The van der Waals surface area contributed by atoms with Crippen LogP contribution in [0.4, 0.5) is 0 Å². The second-order valence-corrected chi connectivity index (χ2v) is 6.91. The molecule has 130 valence electrons. The van der Waals surface area contributed by atoms with Gasteiger partial charge in [0.2, 0.25) is 0 Å². The van der Waals surface area contributed by atoms with Crippen molar-refractivity contribution < 1.29 is 4.74 Å². The number of ether oxygens (including phenoxy) is 1. The zero-order valence-electron chi connectivity index (χ0n) is 14.7. The summed E-state index contributed by atoms with van der Waals surface area (Å²) >= 11 is 0. The van der Waals surface area contributed by atoms with Gasteiger partial charge in [-0.15, -0.1) is 0 Å². The lowest BCUT2D eigenvalue weighted by Crippen LogP contribution is -2.16. The number of nitrogens with zero attached hydrogens (tertiary/aromatic N) is 4. The maximum absolute atomic E-state index is 5.88. The molecular formula is C21H20N4O. The molecule has 0 aliphatic carbocycles. The van der Waals surface area contributed by atoms with Gasteiger partial charge < -0.3 is 9.30 Å². The molecule has 2 aromatic heterocycles. The first-order valence-corrected chi connectivity index (χ1v) is 9.09. The second-order valence-electron chi connectivity index (χ2n) is 6.91. The van der Waals surface area contributed by atoms with Gasteiger partial charge in [-0.3, -0.25) is 0 Å². The van der Waals surface area contributed by atoms with Crippen LogP contribution in [0.5, 0.6) is 0 Å². The van der Waals surface area contributed by atoms with Gasteiger partial charge in [-0.1, -0.05) is 35.9 Å². The number of aryl methyl sites for hydroxylation is 1. The van der Waals surface area contributed by atoms with Crippen molar-refractivity contribution in [2.45, 2.75) is 32.4 Å². The summed E-state index contributed by atoms with van der Waals surface area (Å²) in [4.78, 5) is 14.5. The predicted octanol–water partition coefficient (Wildman–Crippen LogP) is 4.13. The molecule has 0 radical (unpaired) electrons. The van der Waals surface area contributed by atoms with E-state index in [1.807, 2.05) is 24.3 Å². The SMILES string of the molecule is Cc1cccc(-c2nc3nc4ccccc4nc3n2C[C@H]2CCCO2)c1. The molecule has 1 atom stereocenters. The van der Waals surface area contributed by atoms with Crippen molar-refractivity contribution in [2.24, 2.45) is 0 Å². The van der Waals surface area contributed by atoms with E-state index >= 15 is 0 Å². The highest BCUT2D eigenvalue weighted by atomic mass is 16.5. The fourth-order valence-electron chi connectivity index (χ4n) is 3.67. The fourth-order valence-corrected chi connectivity index (χ4v) is 3.67. The van der Waals surface area contributed by atoms with E-state index in [-0.39, 0.29) is 6.10 Å². The van der Waals surface area contributed by atoms with Gasteiger partial charge in [0.15, 0.2) is 11.3 Å². The average Bonchev–Trinajstić information content (AvgIpc) is 3.28. The van der Waals surface area contributed by atoms with E-state index in [1.54, 1.807) is 0 Å². The van der Waals surface area contributed by atoms with E-state index in [9.17, 15) is 0 Å². The van der Waals surface area contributed by atoms with Crippen LogP contribution in [0.25, 0.3) is 33.7 Å². The third-order valence-electron chi connectivity index (χ3n) is 4.94. The Morgan fingerprint density at radius 2 is 1.88 bits per heavy atom. The van der Waals surface area contributed by atoms with Crippen LogP contribution in [-0.2, 0) is 11.3 Å². The van der Waals surface area contributed by atoms with Gasteiger partial charge in [-0.25, -0.2) is 15.0 Å². The van der Waals surface area contributed by atoms with Gasteiger partial charge in [0.1, 0.15) is 5.82 Å². The number of imidazole rings is 1. The highest BCUT2D eigenvalue weighted by molar-refractivity contribution is 5.84. The molecule has 5 rings (SSSR count). The number of hydrogen-bond donors (Lipinski definition) is 0. The third kappa shape index (κ3) is 2.65. The van der Waals surface area contributed by atoms with Crippen molar-refractivity contribution >= 4 is 22.3 Å². The van der Waals surface area contributed by atoms with Gasteiger partial charge in [-0.05, 0) is 38.0 Å². The molecule has 5 heteroatoms. The van der Waals surface area contributed by atoms with Crippen LogP contribution >= 0.6 is 0 Å². The maximum Gasteiger partial charge on any atom is 0.198 e. The molecule has 26 heavy (non-hydrogen) atoms. The Morgan fingerprint density at radius 1 is 1.04 bits per heavy atom. The monoisotopic (exact) mass is 344 g/mol. The lowest BCUT2D eigenvalue weighted by molar-refractivity contribution is 0.0981. The highest BCUT2D eigenvalue weighted by Gasteiger charge is 2.22. The van der Waals surface area contributed by atoms with Crippen LogP contribution in [-0.4, -0.2) is 32.2 Å². The molecule has 0 unspecified atom stereocenters. The van der Waals surface area contributed by atoms with Crippen LogP contribution in [0.2, 0.25) is 0 Å². The molecule has 1 saturated heterocycles. The normalized spacial score (nSPS) is 17.3. The Hall–Kier alpha value is -2.79. The van der Waals surface area contributed by atoms with E-state index in [0.29, 0.717) is 5.65 Å². The van der Waals surface area contributed by atoms with E-state index < -0.39 is 0 Å². The fraction of sp³-hybridized carbons (Fsp3) is 0.286. The highest BCUT2D eigenvalue weighted by Crippen LogP contribution is 2.27. The van der Waals surface area contributed by atoms with E-state index in [4.69, 9.17) is 19.7 Å². The lowest BCUT2D eigenvalue weighted by Gasteiger charge is -2.14. The summed E-state index contributed by atoms with van der Waals surface area (Å²) in [5, 5.41) is 0. The summed E-state index contributed by atoms with van der Waals surface area (Å²) in [7, 11) is 0. The molecule has 1 aliphatic rings. The summed E-state index contributed by atoms with van der Waals surface area (Å²) in [6.45, 7) is 3.69. The van der Waals surface area contributed by atoms with Gasteiger partial charge >= 0.3 is 0 Å². The van der Waals surface area contributed by atoms with Crippen molar-refractivity contribution in [1.29, 1.82) is 0 Å². The van der Waals surface area contributed by atoms with Crippen LogP contribution in [0.3, 0.4) is 0 Å². The number of aromatic nitrogens is 4. The predicted molar refractivity (Wildman–Crippen MR) is 102 cm³/mol. The first kappa shape index (κ1) is 15.5. The smallest absolute Gasteiger partial charge is 0.198 e. The maximum atomic E-state index is 5.88. The quantitative estimate of drug-likeness (QED) is 0.561. The standard InChI is InChI=1S/C21H20N4O/c1-14-6-4-7-15(12-14)20-24-19-21(25(20)13-16-8-5-11-26-16)23-18-10-3-2-9-17(18)22-19/h2-4,6-7,9-10,12,16H,5,8,11,13H2,1H3/t16-/m1/s1. The second kappa shape index (κ2) is 6.18. The van der Waals surface area contributed by atoms with Crippen LogP contribution in [0.1, 0.15) is 18.4 Å². The van der Waals surface area contributed by atoms with Crippen molar-refractivity contribution in [3.63, 3.8) is 0 Å². The van der Waals surface area contributed by atoms with Gasteiger partial charge in [-0.2, -0.15) is 0 Å². The first-order chi connectivity index (χ1) is 12.8. The van der Waals surface area contributed by atoms with Gasteiger partial charge in [0.05, 0.1) is 23.7 Å². The van der Waals surface area contributed by atoms with E-state index in [1.165, 1.54) is 5.56 Å². The Morgan fingerprint density at radius 3 is 2.65 bits per heavy atom. The molecule has 0 N–H and O–H groups in total. The number of hydrogen-bond acceptors (Lipinski definition) is 4. The third-order valence-corrected chi connectivity index (χ3v) is 4.94. The topological polar surface area (TPSA) is 52.8 Å². The van der Waals surface area contributed by atoms with Crippen LogP contribution in [0, 0.1) is 6.92 Å². The average molecular weight is 344 g/mol. The first-order valence-electron chi connectivity index (χ1n) is 9.09. The Balaban J connectivity index is 1.74. The van der Waals surface area contributed by atoms with E-state index in [0.717, 1.165) is 54.1 Å². The summed E-state index contributed by atoms with van der Waals surface area (Å²) in [5.41, 5.74) is 5.59. The summed E-state index contributed by atoms with van der Waals surface area (Å²) in [6.07, 6.45) is 2.41. The molecule has 0 saturated carbocycles. The molecule has 5 nitrogen and oxygen atoms in total. The van der Waals surface area contributed by atoms with E-state index in [2.05, 4.69) is 35.8 Å². The molecule has 0 bridgehead atoms. The summed E-state index contributed by atoms with van der Waals surface area (Å²) in [6, 6.07) is 16.4. The zero-order valence-corrected chi connectivity index (χ0v) is 14.7. The largest absolute Gasteiger partial charge is 0.376 e. The molecule has 2 aromatic carbocycles. The summed E-state index contributed by atoms with van der Waals surface area (Å²) in [5.74, 6) is 0.912. The van der Waals surface area contributed by atoms with Crippen molar-refractivity contribution in [1.82, 2.24) is 19.5 Å². The lowest BCUT2D eigenvalue weighted by atomic mass is 10.1.